The molecule has 7 heteroatoms. The Bertz CT molecular complexity index is 1210. The number of hydrogen-bond donors (Lipinski definition) is 3. The molecule has 0 unspecified atom stereocenters. The summed E-state index contributed by atoms with van der Waals surface area (Å²) in [6.07, 6.45) is 22.8. The number of ether oxygens (including phenoxy) is 1. The van der Waals surface area contributed by atoms with Gasteiger partial charge in [-0.15, -0.1) is 0 Å². The summed E-state index contributed by atoms with van der Waals surface area (Å²) in [7, 11) is 4.72. The van der Waals surface area contributed by atoms with Crippen LogP contribution in [0.15, 0.2) is 72.8 Å². The highest BCUT2D eigenvalue weighted by Crippen LogP contribution is 2.38. The van der Waals surface area contributed by atoms with Crippen LogP contribution in [-0.2, 0) is 22.5 Å². The van der Waals surface area contributed by atoms with Gasteiger partial charge in [0, 0.05) is 12.0 Å². The van der Waals surface area contributed by atoms with E-state index in [4.69, 9.17) is 4.74 Å². The summed E-state index contributed by atoms with van der Waals surface area (Å²) in [5, 5.41) is 31.2. The molecule has 1 fully saturated rings. The molecule has 54 heavy (non-hydrogen) atoms. The van der Waals surface area contributed by atoms with E-state index in [1.165, 1.54) is 81.9 Å². The minimum absolute atomic E-state index is 0. The molecular weight excluding hydrogens is 694 g/mol. The lowest BCUT2D eigenvalue weighted by molar-refractivity contribution is -0.903. The third-order valence-corrected chi connectivity index (χ3v) is 10.7. The number of nitrogens with zero attached hydrogens (tertiary/aromatic N) is 1. The van der Waals surface area contributed by atoms with E-state index in [2.05, 4.69) is 69.6 Å². The smallest absolute Gasteiger partial charge is 0.306 e. The van der Waals surface area contributed by atoms with Crippen molar-refractivity contribution in [2.75, 3.05) is 20.6 Å². The lowest BCUT2D eigenvalue weighted by Crippen LogP contribution is -3.00. The molecule has 6 nitrogen and oxygen atoms in total. The van der Waals surface area contributed by atoms with Gasteiger partial charge in [0.25, 0.3) is 0 Å². The van der Waals surface area contributed by atoms with Gasteiger partial charge in [-0.3, -0.25) is 4.79 Å². The number of unbranched alkanes of at least 4 members (excludes halogenated alkanes) is 10. The standard InChI is InChI=1S/C26H40O5.C21H38N.ClH/c1-19(2)31-26(30)13-9-4-3-8-12-22-23(25(29)18-24(22)28)17-16-21(27)15-14-20-10-6-5-7-11-20;1-4-5-6-7-8-9-10-11-12-16-19-22(2,3)20-21-17-14-13-15-18-21;/h3,5-8,10-11,19,21-25,27-29H,4,9,12-18H2,1-2H3;13-15,17-18H,4-12,16,19-20H2,1-3H3;1H/q;+1;/p-1/b8-3-;;/t21-,22+,23+,24-,25+;;/m0../s1. The number of aliphatic hydroxyl groups is 3. The highest BCUT2D eigenvalue weighted by Gasteiger charge is 2.40. The lowest BCUT2D eigenvalue weighted by Gasteiger charge is -2.30. The zero-order valence-corrected chi connectivity index (χ0v) is 35.5. The van der Waals surface area contributed by atoms with E-state index in [1.807, 2.05) is 38.1 Å². The molecule has 0 saturated heterocycles. The zero-order chi connectivity index (χ0) is 38.7. The Balaban J connectivity index is 0.000000561. The molecule has 3 N–H and O–H groups in total. The maximum atomic E-state index is 11.5. The van der Waals surface area contributed by atoms with Crippen molar-refractivity contribution in [1.82, 2.24) is 0 Å². The summed E-state index contributed by atoms with van der Waals surface area (Å²) in [6.45, 7) is 8.43. The fraction of sp³-hybridized carbons (Fsp3) is 0.681. The molecule has 2 aromatic rings. The van der Waals surface area contributed by atoms with Crippen LogP contribution in [0.3, 0.4) is 0 Å². The van der Waals surface area contributed by atoms with Crippen LogP contribution in [0.5, 0.6) is 0 Å². The quantitative estimate of drug-likeness (QED) is 0.0403. The first kappa shape index (κ1) is 49.8. The molecule has 1 aliphatic carbocycles. The van der Waals surface area contributed by atoms with Crippen LogP contribution in [0.4, 0.5) is 0 Å². The first-order valence-corrected chi connectivity index (χ1v) is 21.3. The second-order valence-corrected chi connectivity index (χ2v) is 16.6. The topological polar surface area (TPSA) is 87.0 Å². The van der Waals surface area contributed by atoms with E-state index in [1.54, 1.807) is 0 Å². The van der Waals surface area contributed by atoms with Crippen molar-refractivity contribution in [2.45, 2.75) is 174 Å². The fourth-order valence-electron chi connectivity index (χ4n) is 7.65. The molecule has 308 valence electrons. The van der Waals surface area contributed by atoms with E-state index < -0.39 is 18.3 Å². The third kappa shape index (κ3) is 23.6. The van der Waals surface area contributed by atoms with E-state index in [9.17, 15) is 20.1 Å². The second-order valence-electron chi connectivity index (χ2n) is 16.6. The van der Waals surface area contributed by atoms with E-state index in [0.717, 1.165) is 30.3 Å². The van der Waals surface area contributed by atoms with Crippen LogP contribution in [0, 0.1) is 11.8 Å². The Morgan fingerprint density at radius 2 is 1.33 bits per heavy atom. The number of carbonyl (C=O) groups excluding carboxylic acids is 1. The number of quaternary nitrogens is 1. The summed E-state index contributed by atoms with van der Waals surface area (Å²) in [6, 6.07) is 21.0. The highest BCUT2D eigenvalue weighted by molar-refractivity contribution is 5.69. The molecule has 3 rings (SSSR count). The minimum atomic E-state index is -0.513. The van der Waals surface area contributed by atoms with Crippen molar-refractivity contribution in [3.05, 3.63) is 83.9 Å². The van der Waals surface area contributed by atoms with Crippen molar-refractivity contribution >= 4 is 5.97 Å². The molecule has 1 saturated carbocycles. The summed E-state index contributed by atoms with van der Waals surface area (Å²) in [5.41, 5.74) is 2.68. The molecule has 5 atom stereocenters. The predicted octanol–water partition coefficient (Wildman–Crippen LogP) is 7.37. The van der Waals surface area contributed by atoms with Crippen LogP contribution < -0.4 is 12.4 Å². The summed E-state index contributed by atoms with van der Waals surface area (Å²) >= 11 is 0. The van der Waals surface area contributed by atoms with Gasteiger partial charge in [-0.1, -0.05) is 131 Å². The first-order chi connectivity index (χ1) is 25.5. The highest BCUT2D eigenvalue weighted by atomic mass is 35.5. The average Bonchev–Trinajstić information content (AvgIpc) is 3.40. The predicted molar refractivity (Wildman–Crippen MR) is 221 cm³/mol. The molecule has 0 radical (unpaired) electrons. The van der Waals surface area contributed by atoms with Gasteiger partial charge in [0.2, 0.25) is 0 Å². The maximum absolute atomic E-state index is 11.5. The normalized spacial score (nSPS) is 19.0. The lowest BCUT2D eigenvalue weighted by atomic mass is 9.85. The Morgan fingerprint density at radius 1 is 0.778 bits per heavy atom. The van der Waals surface area contributed by atoms with Crippen molar-refractivity contribution in [1.29, 1.82) is 0 Å². The first-order valence-electron chi connectivity index (χ1n) is 21.3. The van der Waals surface area contributed by atoms with E-state index >= 15 is 0 Å². The maximum Gasteiger partial charge on any atom is 0.306 e. The van der Waals surface area contributed by atoms with Gasteiger partial charge in [0.1, 0.15) is 6.54 Å². The Kier molecular flexibility index (Phi) is 27.7. The van der Waals surface area contributed by atoms with Crippen molar-refractivity contribution in [3.8, 4) is 0 Å². The Hall–Kier alpha value is -2.22. The SMILES string of the molecule is CC(C)OC(=O)CCC/C=C\C[C@@H]1[C@@H](CC[C@@H](O)CCc2ccccc2)[C@H](O)C[C@@H]1O.CCCCCCCCCCCC[N+](C)(C)Cc1ccccc1.[Cl-]. The molecule has 2 aromatic carbocycles. The Morgan fingerprint density at radius 3 is 1.93 bits per heavy atom. The molecule has 0 bridgehead atoms. The van der Waals surface area contributed by atoms with Crippen LogP contribution in [0.1, 0.15) is 147 Å². The van der Waals surface area contributed by atoms with Gasteiger partial charge in [0.05, 0.1) is 45.1 Å². The molecular formula is C47H78ClNO5. The van der Waals surface area contributed by atoms with E-state index in [-0.39, 0.29) is 36.3 Å². The second kappa shape index (κ2) is 30.0. The monoisotopic (exact) mass is 772 g/mol. The number of allylic oxidation sites excluding steroid dienone is 2. The number of aryl methyl sites for hydroxylation is 1. The third-order valence-electron chi connectivity index (χ3n) is 10.7. The van der Waals surface area contributed by atoms with Gasteiger partial charge in [-0.2, -0.15) is 0 Å². The van der Waals surface area contributed by atoms with Gasteiger partial charge >= 0.3 is 5.97 Å². The largest absolute Gasteiger partial charge is 1.00 e. The number of hydrogen-bond acceptors (Lipinski definition) is 5. The molecule has 1 aliphatic rings. The number of halogens is 1. The van der Waals surface area contributed by atoms with Crippen LogP contribution in [0.2, 0.25) is 0 Å². The van der Waals surface area contributed by atoms with Crippen LogP contribution in [-0.4, -0.2) is 70.8 Å². The molecule has 0 amide bonds. The van der Waals surface area contributed by atoms with Crippen molar-refractivity contribution < 1.29 is 41.7 Å². The Labute approximate surface area is 336 Å². The fourth-order valence-corrected chi connectivity index (χ4v) is 7.65. The molecule has 0 aliphatic heterocycles. The number of carbonyl (C=O) groups is 1. The number of esters is 1. The minimum Gasteiger partial charge on any atom is -1.00 e. The molecule has 0 aromatic heterocycles. The summed E-state index contributed by atoms with van der Waals surface area (Å²) in [4.78, 5) is 11.5. The summed E-state index contributed by atoms with van der Waals surface area (Å²) in [5.74, 6) is -0.144. The number of aliphatic hydroxyl groups excluding tert-OH is 3. The molecule has 0 heterocycles. The number of rotatable bonds is 26. The van der Waals surface area contributed by atoms with Gasteiger partial charge in [-0.25, -0.2) is 0 Å². The van der Waals surface area contributed by atoms with Gasteiger partial charge < -0.3 is 36.9 Å². The number of benzene rings is 2. The van der Waals surface area contributed by atoms with Gasteiger partial charge in [-0.05, 0) is 95.5 Å². The van der Waals surface area contributed by atoms with Crippen LogP contribution in [0.25, 0.3) is 0 Å². The average molecular weight is 773 g/mol. The van der Waals surface area contributed by atoms with E-state index in [0.29, 0.717) is 38.5 Å². The summed E-state index contributed by atoms with van der Waals surface area (Å²) < 4.78 is 6.23. The van der Waals surface area contributed by atoms with Crippen molar-refractivity contribution in [2.24, 2.45) is 11.8 Å². The van der Waals surface area contributed by atoms with Crippen LogP contribution >= 0.6 is 0 Å². The van der Waals surface area contributed by atoms with Crippen molar-refractivity contribution in [3.63, 3.8) is 0 Å². The van der Waals surface area contributed by atoms with Gasteiger partial charge in [0.15, 0.2) is 0 Å². The zero-order valence-electron chi connectivity index (χ0n) is 34.7. The molecule has 0 spiro atoms.